The minimum absolute atomic E-state index is 0.0219. The molecule has 4 saturated carbocycles. The summed E-state index contributed by atoms with van der Waals surface area (Å²) in [5, 5.41) is 0. The van der Waals surface area contributed by atoms with Gasteiger partial charge in [-0.25, -0.2) is 0 Å². The second-order valence-corrected chi connectivity index (χ2v) is 7.99. The van der Waals surface area contributed by atoms with E-state index in [-0.39, 0.29) is 28.6 Å². The van der Waals surface area contributed by atoms with Crippen LogP contribution in [0.3, 0.4) is 0 Å². The Bertz CT molecular complexity index is 696. The first-order valence-electron chi connectivity index (χ1n) is 8.25. The highest BCUT2D eigenvalue weighted by Crippen LogP contribution is 2.83. The number of ketones is 1. The molecular formula is C19H20O3. The minimum Gasteiger partial charge on any atom is -0.469 e. The van der Waals surface area contributed by atoms with Gasteiger partial charge in [0.15, 0.2) is 0 Å². The molecule has 1 aromatic carbocycles. The summed E-state index contributed by atoms with van der Waals surface area (Å²) in [6.45, 7) is 0. The third-order valence-electron chi connectivity index (χ3n) is 7.41. The Hall–Kier alpha value is -1.64. The Balaban J connectivity index is 1.71. The molecule has 5 unspecified atom stereocenters. The highest BCUT2D eigenvalue weighted by atomic mass is 16.5. The van der Waals surface area contributed by atoms with Crippen molar-refractivity contribution in [2.24, 2.45) is 22.7 Å². The summed E-state index contributed by atoms with van der Waals surface area (Å²) in [5.41, 5.74) is 0.956. The van der Waals surface area contributed by atoms with Crippen LogP contribution in [-0.4, -0.2) is 18.9 Å². The molecule has 0 aromatic heterocycles. The van der Waals surface area contributed by atoms with Crippen LogP contribution in [0, 0.1) is 22.7 Å². The molecule has 4 aliphatic rings. The van der Waals surface area contributed by atoms with Gasteiger partial charge in [-0.3, -0.25) is 9.59 Å². The van der Waals surface area contributed by atoms with Gasteiger partial charge < -0.3 is 4.74 Å². The van der Waals surface area contributed by atoms with Crippen LogP contribution in [0.1, 0.15) is 37.7 Å². The maximum absolute atomic E-state index is 12.7. The van der Waals surface area contributed by atoms with E-state index in [1.165, 1.54) is 12.7 Å². The van der Waals surface area contributed by atoms with Gasteiger partial charge >= 0.3 is 5.97 Å². The average molecular weight is 296 g/mol. The van der Waals surface area contributed by atoms with Crippen LogP contribution >= 0.6 is 0 Å². The van der Waals surface area contributed by atoms with Crippen molar-refractivity contribution < 1.29 is 14.3 Å². The normalized spacial score (nSPS) is 47.2. The lowest BCUT2D eigenvalue weighted by atomic mass is 9.44. The van der Waals surface area contributed by atoms with Gasteiger partial charge in [-0.05, 0) is 43.1 Å². The number of esters is 1. The summed E-state index contributed by atoms with van der Waals surface area (Å²) >= 11 is 0. The number of fused-ring (bicyclic) bond motifs is 2. The smallest absolute Gasteiger partial charge is 0.311 e. The lowest BCUT2D eigenvalue weighted by Crippen LogP contribution is -2.56. The zero-order valence-corrected chi connectivity index (χ0v) is 12.8. The molecule has 0 N–H and O–H groups in total. The van der Waals surface area contributed by atoms with Crippen LogP contribution in [0.25, 0.3) is 0 Å². The van der Waals surface area contributed by atoms with Crippen LogP contribution in [0.5, 0.6) is 0 Å². The summed E-state index contributed by atoms with van der Waals surface area (Å²) in [5.74, 6) is 0.615. The van der Waals surface area contributed by atoms with E-state index in [0.29, 0.717) is 12.2 Å². The summed E-state index contributed by atoms with van der Waals surface area (Å²) in [6, 6.07) is 10.6. The second kappa shape index (κ2) is 3.64. The first-order valence-corrected chi connectivity index (χ1v) is 8.25. The zero-order chi connectivity index (χ0) is 15.2. The topological polar surface area (TPSA) is 43.4 Å². The quantitative estimate of drug-likeness (QED) is 0.788. The lowest BCUT2D eigenvalue weighted by molar-refractivity contribution is -0.155. The van der Waals surface area contributed by atoms with Crippen molar-refractivity contribution in [3.63, 3.8) is 0 Å². The van der Waals surface area contributed by atoms with Crippen LogP contribution in [0.15, 0.2) is 30.3 Å². The molecule has 5 rings (SSSR count). The van der Waals surface area contributed by atoms with Gasteiger partial charge in [0.1, 0.15) is 5.78 Å². The average Bonchev–Trinajstić information content (AvgIpc) is 2.81. The summed E-state index contributed by atoms with van der Waals surface area (Å²) in [4.78, 5) is 25.3. The third kappa shape index (κ3) is 1.12. The van der Waals surface area contributed by atoms with Gasteiger partial charge in [-0.2, -0.15) is 0 Å². The number of benzene rings is 1. The largest absolute Gasteiger partial charge is 0.469 e. The van der Waals surface area contributed by atoms with Gasteiger partial charge in [0.2, 0.25) is 0 Å². The molecule has 3 heteroatoms. The number of carbonyl (C=O) groups excluding carboxylic acids is 2. The number of hydrogen-bond donors (Lipinski definition) is 0. The molecule has 1 aromatic rings. The van der Waals surface area contributed by atoms with Gasteiger partial charge in [0, 0.05) is 17.3 Å². The fraction of sp³-hybridized carbons (Fsp3) is 0.579. The molecule has 0 radical (unpaired) electrons. The van der Waals surface area contributed by atoms with E-state index in [4.69, 9.17) is 4.74 Å². The van der Waals surface area contributed by atoms with Crippen LogP contribution < -0.4 is 0 Å². The SMILES string of the molecule is COC(=O)C12CC3CC4(C1)C(CC4(c1ccccc1)C2)C3=O. The molecule has 3 nitrogen and oxygen atoms in total. The second-order valence-electron chi connectivity index (χ2n) is 7.99. The minimum atomic E-state index is -0.422. The molecule has 0 saturated heterocycles. The van der Waals surface area contributed by atoms with Gasteiger partial charge in [-0.1, -0.05) is 30.3 Å². The van der Waals surface area contributed by atoms with Crippen molar-refractivity contribution in [2.45, 2.75) is 37.5 Å². The Morgan fingerprint density at radius 2 is 1.91 bits per heavy atom. The molecule has 0 aliphatic heterocycles. The van der Waals surface area contributed by atoms with Crippen molar-refractivity contribution in [3.05, 3.63) is 35.9 Å². The van der Waals surface area contributed by atoms with Crippen molar-refractivity contribution >= 4 is 11.8 Å². The number of rotatable bonds is 2. The molecule has 114 valence electrons. The molecular weight excluding hydrogens is 276 g/mol. The van der Waals surface area contributed by atoms with E-state index in [9.17, 15) is 9.59 Å². The molecule has 5 atom stereocenters. The zero-order valence-electron chi connectivity index (χ0n) is 12.8. The first kappa shape index (κ1) is 12.9. The highest BCUT2D eigenvalue weighted by Gasteiger charge is 2.82. The van der Waals surface area contributed by atoms with E-state index in [2.05, 4.69) is 24.3 Å². The highest BCUT2D eigenvalue weighted by molar-refractivity contribution is 5.93. The monoisotopic (exact) mass is 296 g/mol. The van der Waals surface area contributed by atoms with Crippen molar-refractivity contribution in [2.75, 3.05) is 7.11 Å². The Kier molecular flexibility index (Phi) is 2.13. The van der Waals surface area contributed by atoms with E-state index in [1.54, 1.807) is 0 Å². The molecule has 1 spiro atoms. The fourth-order valence-electron chi connectivity index (χ4n) is 6.84. The Labute approximate surface area is 130 Å². The molecule has 4 aliphatic carbocycles. The molecule has 22 heavy (non-hydrogen) atoms. The first-order chi connectivity index (χ1) is 10.6. The van der Waals surface area contributed by atoms with E-state index in [1.807, 2.05) is 6.07 Å². The van der Waals surface area contributed by atoms with Gasteiger partial charge in [0.25, 0.3) is 0 Å². The standard InChI is InChI=1S/C19H20O3/c1-22-16(21)17-7-12-8-19(11-17)14(15(12)20)9-18(19,10-17)13-5-3-2-4-6-13/h2-6,12,14H,7-11H2,1H3. The van der Waals surface area contributed by atoms with E-state index < -0.39 is 5.41 Å². The van der Waals surface area contributed by atoms with Gasteiger partial charge in [0.05, 0.1) is 12.5 Å². The van der Waals surface area contributed by atoms with E-state index >= 15 is 0 Å². The van der Waals surface area contributed by atoms with Crippen LogP contribution in [0.2, 0.25) is 0 Å². The number of Topliss-reactive ketones (excluding diaryl/α,β-unsaturated/α-hetero) is 1. The Morgan fingerprint density at radius 1 is 1.14 bits per heavy atom. The predicted octanol–water partition coefficient (Wildman–Crippen LogP) is 2.88. The predicted molar refractivity (Wildman–Crippen MR) is 80.1 cm³/mol. The van der Waals surface area contributed by atoms with Crippen LogP contribution in [-0.2, 0) is 19.7 Å². The summed E-state index contributed by atoms with van der Waals surface area (Å²) in [6.07, 6.45) is 4.37. The Morgan fingerprint density at radius 3 is 2.64 bits per heavy atom. The maximum Gasteiger partial charge on any atom is 0.311 e. The summed E-state index contributed by atoms with van der Waals surface area (Å²) < 4.78 is 5.16. The van der Waals surface area contributed by atoms with Gasteiger partial charge in [-0.15, -0.1) is 0 Å². The molecule has 4 fully saturated rings. The van der Waals surface area contributed by atoms with Crippen LogP contribution in [0.4, 0.5) is 0 Å². The number of carbonyl (C=O) groups is 2. The number of ether oxygens (including phenoxy) is 1. The van der Waals surface area contributed by atoms with Crippen molar-refractivity contribution in [1.29, 1.82) is 0 Å². The van der Waals surface area contributed by atoms with Crippen molar-refractivity contribution in [1.82, 2.24) is 0 Å². The van der Waals surface area contributed by atoms with Crippen molar-refractivity contribution in [3.8, 4) is 0 Å². The fourth-order valence-corrected chi connectivity index (χ4v) is 6.84. The number of hydrogen-bond acceptors (Lipinski definition) is 3. The summed E-state index contributed by atoms with van der Waals surface area (Å²) in [7, 11) is 1.49. The molecule has 0 amide bonds. The molecule has 3 bridgehead atoms. The van der Waals surface area contributed by atoms with E-state index in [0.717, 1.165) is 25.7 Å². The molecule has 0 heterocycles. The third-order valence-corrected chi connectivity index (χ3v) is 7.41. The lowest BCUT2D eigenvalue weighted by Gasteiger charge is -2.58. The maximum atomic E-state index is 12.7. The number of methoxy groups -OCH3 is 1.